The maximum absolute atomic E-state index is 14.4. The summed E-state index contributed by atoms with van der Waals surface area (Å²) >= 11 is 4.51. The first-order valence-corrected chi connectivity index (χ1v) is 36.5. The molecule has 2 aromatic carbocycles. The van der Waals surface area contributed by atoms with Crippen molar-refractivity contribution in [1.29, 1.82) is 0 Å². The molecule has 2 saturated heterocycles. The molecule has 1 unspecified atom stereocenters. The van der Waals surface area contributed by atoms with Crippen molar-refractivity contribution in [2.75, 3.05) is 129 Å². The molecular weight excluding hydrogens is 1340 g/mol. The highest BCUT2D eigenvalue weighted by atomic mass is 32.2. The topological polar surface area (TPSA) is 453 Å². The Hall–Kier alpha value is -7.89. The van der Waals surface area contributed by atoms with Crippen LogP contribution >= 0.6 is 35.3 Å². The van der Waals surface area contributed by atoms with Crippen molar-refractivity contribution in [2.45, 2.75) is 113 Å². The van der Waals surface area contributed by atoms with E-state index in [1.54, 1.807) is 63.7 Å². The van der Waals surface area contributed by atoms with Crippen molar-refractivity contribution in [1.82, 2.24) is 56.0 Å². The average Bonchev–Trinajstić information content (AvgIpc) is 1.79. The van der Waals surface area contributed by atoms with Crippen LogP contribution in [0.3, 0.4) is 0 Å². The van der Waals surface area contributed by atoms with E-state index in [9.17, 15) is 77.6 Å². The standard InChI is InChI=1S/C65H99N15O16S3/c1-4-6-17-70-65(96)71-34-48(64(95)75(3)36-56(84)80-19-10-13-52(80)63(94)72-49(5-2)61(92)73-50(14-15-53(66)81)62(93)74-51(60(68)91)33-44-11-8-7-9-12-44)43-99-42-47-31-45(40-97-28-16-54(67)82)30-46(32-47)41-98-29-18-69-55(83)35-76-20-22-77(37-57(85)86)24-26-79(39-59(89)90)27-25-78(23-21-76)38-58(87)88/h7-9,11-12,30-32,34,48-52H,4-6,10,13-29,33,35-43H2,1-3H3,(H2,66,81)(H2,67,82)(H2,68,91)(H,69,83)(H,70,96)(H,72,94)(H,73,92)(H,74,93)(H,85,86)(H,87,88)(H,89,90)/t48?,49-,50-,51-,52-/m0/s1. The van der Waals surface area contributed by atoms with Gasteiger partial charge in [-0.05, 0) is 54.4 Å². The number of hydrogen-bond acceptors (Lipinski definition) is 20. The number of nitrogens with two attached hydrogens (primary N) is 3. The second kappa shape index (κ2) is 45.7. The normalized spacial score (nSPS) is 16.4. The predicted molar refractivity (Wildman–Crippen MR) is 377 cm³/mol. The van der Waals surface area contributed by atoms with E-state index in [0.29, 0.717) is 73.3 Å². The molecule has 0 saturated carbocycles. The molecule has 2 aliphatic heterocycles. The summed E-state index contributed by atoms with van der Waals surface area (Å²) in [5, 5.41) is 42.2. The number of carboxylic acids is 3. The van der Waals surface area contributed by atoms with E-state index in [2.05, 4.69) is 37.6 Å². The van der Waals surface area contributed by atoms with Crippen molar-refractivity contribution in [2.24, 2.45) is 28.1 Å². The summed E-state index contributed by atoms with van der Waals surface area (Å²) in [5.41, 5.74) is 20.0. The molecule has 2 fully saturated rings. The molecule has 0 radical (unpaired) electrons. The molecule has 5 atom stereocenters. The number of nitrogens with one attached hydrogen (secondary N) is 5. The van der Waals surface area contributed by atoms with Gasteiger partial charge in [0.1, 0.15) is 24.2 Å². The van der Waals surface area contributed by atoms with Crippen LogP contribution < -0.4 is 43.8 Å². The van der Waals surface area contributed by atoms with Gasteiger partial charge in [0.25, 0.3) is 0 Å². The van der Waals surface area contributed by atoms with E-state index >= 15 is 0 Å². The minimum Gasteiger partial charge on any atom is -0.480 e. The molecule has 2 heterocycles. The fraction of sp³-hybridized carbons (Fsp3) is 0.600. The summed E-state index contributed by atoms with van der Waals surface area (Å²) in [6.07, 6.45) is 3.21. The van der Waals surface area contributed by atoms with E-state index in [0.717, 1.165) is 23.1 Å². The first-order chi connectivity index (χ1) is 47.2. The number of likely N-dealkylation sites (tertiary alicyclic amines) is 1. The zero-order chi connectivity index (χ0) is 72.8. The molecule has 0 aromatic heterocycles. The number of urea groups is 1. The Bertz CT molecular complexity index is 3030. The summed E-state index contributed by atoms with van der Waals surface area (Å²) < 4.78 is 0. The second-order valence-corrected chi connectivity index (χ2v) is 27.5. The molecule has 4 rings (SSSR count). The van der Waals surface area contributed by atoms with Crippen molar-refractivity contribution in [3.8, 4) is 0 Å². The number of aliphatic imine (C=N–C) groups is 1. The van der Waals surface area contributed by atoms with Gasteiger partial charge in [-0.1, -0.05) is 68.8 Å². The molecule has 2 aromatic rings. The number of carboxylic acid groups (broad SMARTS) is 3. The fourth-order valence-corrected chi connectivity index (χ4v) is 13.5. The number of benzene rings is 2. The maximum atomic E-state index is 14.4. The summed E-state index contributed by atoms with van der Waals surface area (Å²) in [5.74, 6) is -7.09. The number of primary amides is 3. The molecule has 2 aliphatic rings. The zero-order valence-electron chi connectivity index (χ0n) is 56.7. The van der Waals surface area contributed by atoms with Crippen molar-refractivity contribution >= 4 is 119 Å². The highest BCUT2D eigenvalue weighted by Gasteiger charge is 2.38. The Morgan fingerprint density at radius 2 is 1.13 bits per heavy atom. The van der Waals surface area contributed by atoms with Crippen LogP contribution in [0.2, 0.25) is 0 Å². The Morgan fingerprint density at radius 3 is 1.65 bits per heavy atom. The number of unbranched alkanes of at least 4 members (excludes halogenated alkanes) is 1. The van der Waals surface area contributed by atoms with Gasteiger partial charge in [-0.15, -0.1) is 0 Å². The van der Waals surface area contributed by atoms with Gasteiger partial charge in [0.05, 0.1) is 38.6 Å². The lowest BCUT2D eigenvalue weighted by Gasteiger charge is -2.32. The van der Waals surface area contributed by atoms with Crippen LogP contribution in [-0.4, -0.2) is 281 Å². The summed E-state index contributed by atoms with van der Waals surface area (Å²) in [6.45, 7) is 5.18. The van der Waals surface area contributed by atoms with E-state index in [-0.39, 0.29) is 122 Å². The molecule has 0 aliphatic carbocycles. The van der Waals surface area contributed by atoms with Crippen LogP contribution in [-0.2, 0) is 81.2 Å². The second-order valence-electron chi connectivity index (χ2n) is 24.2. The van der Waals surface area contributed by atoms with E-state index < -0.39 is 108 Å². The summed E-state index contributed by atoms with van der Waals surface area (Å²) in [4.78, 5) is 181. The number of nitrogens with zero attached hydrogens (tertiary/aromatic N) is 7. The number of rotatable bonds is 42. The van der Waals surface area contributed by atoms with Gasteiger partial charge in [-0.2, -0.15) is 35.3 Å². The van der Waals surface area contributed by atoms with E-state index in [1.807, 2.05) is 24.0 Å². The Balaban J connectivity index is 1.41. The molecule has 0 spiro atoms. The molecule has 11 amide bonds. The monoisotopic (exact) mass is 1440 g/mol. The smallest absolute Gasteiger partial charge is 0.340 e. The Labute approximate surface area is 590 Å². The van der Waals surface area contributed by atoms with E-state index in [1.165, 1.54) is 46.6 Å². The Kier molecular flexibility index (Phi) is 38.6. The lowest BCUT2D eigenvalue weighted by Crippen LogP contribution is -2.58. The molecule has 31 nitrogen and oxygen atoms in total. The van der Waals surface area contributed by atoms with Crippen molar-refractivity contribution in [3.63, 3.8) is 0 Å². The first-order valence-electron chi connectivity index (χ1n) is 33.1. The van der Waals surface area contributed by atoms with Crippen molar-refractivity contribution < 1.29 is 77.6 Å². The lowest BCUT2D eigenvalue weighted by molar-refractivity contribution is -0.143. The van der Waals surface area contributed by atoms with Gasteiger partial charge < -0.3 is 68.9 Å². The van der Waals surface area contributed by atoms with Crippen LogP contribution in [0.25, 0.3) is 0 Å². The van der Waals surface area contributed by atoms with Crippen LogP contribution in [0, 0.1) is 5.92 Å². The van der Waals surface area contributed by atoms with Gasteiger partial charge in [0.2, 0.25) is 53.2 Å². The number of carbonyl (C=O) groups is 13. The molecule has 0 bridgehead atoms. The largest absolute Gasteiger partial charge is 0.480 e. The molecule has 548 valence electrons. The van der Waals surface area contributed by atoms with Gasteiger partial charge in [-0.25, -0.2) is 9.79 Å². The minimum atomic E-state index is -1.36. The SMILES string of the molecule is CCCCNC(=O)N=CC(CSCc1cc(CSCCNC(=O)CN2CCN(CC(=O)O)CCN(CC(=O)O)CCN(CC(=O)O)CC2)cc(CSCCC(N)=O)c1)C(=O)N(C)CC(=O)N1CCC[C@H]1C(=O)N[C@@H](CC)C(=O)N[C@@H](CCC(N)=O)C(=O)N[C@@H](Cc1ccccc1)C(N)=O. The third kappa shape index (κ3) is 33.7. The third-order valence-electron chi connectivity index (χ3n) is 16.1. The van der Waals surface area contributed by atoms with Crippen LogP contribution in [0.5, 0.6) is 0 Å². The first kappa shape index (κ1) is 83.5. The molecule has 14 N–H and O–H groups in total. The summed E-state index contributed by atoms with van der Waals surface area (Å²) in [7, 11) is 1.43. The van der Waals surface area contributed by atoms with E-state index in [4.69, 9.17) is 17.2 Å². The quantitative estimate of drug-likeness (QED) is 0.0291. The molecule has 34 heteroatoms. The summed E-state index contributed by atoms with van der Waals surface area (Å²) in [6, 6.07) is 9.48. The lowest BCUT2D eigenvalue weighted by atomic mass is 10.0. The number of hydrogen-bond donors (Lipinski definition) is 11. The number of likely N-dealkylation sites (N-methyl/N-ethyl adjacent to an activating group) is 1. The molecule has 99 heavy (non-hydrogen) atoms. The van der Waals surface area contributed by atoms with Gasteiger partial charge >= 0.3 is 23.9 Å². The van der Waals surface area contributed by atoms with Crippen LogP contribution in [0.1, 0.15) is 87.5 Å². The van der Waals surface area contributed by atoms with Crippen molar-refractivity contribution in [3.05, 3.63) is 70.8 Å². The zero-order valence-corrected chi connectivity index (χ0v) is 59.2. The van der Waals surface area contributed by atoms with Gasteiger partial charge in [0, 0.05) is 139 Å². The number of carbonyl (C=O) groups excluding carboxylic acids is 10. The minimum absolute atomic E-state index is 0.0333. The number of amides is 11. The fourth-order valence-electron chi connectivity index (χ4n) is 10.8. The highest BCUT2D eigenvalue weighted by molar-refractivity contribution is 7.99. The van der Waals surface area contributed by atoms with Crippen LogP contribution in [0.4, 0.5) is 4.79 Å². The molecular formula is C65H99N15O16S3. The van der Waals surface area contributed by atoms with Gasteiger partial charge in [-0.3, -0.25) is 77.1 Å². The average molecular weight is 1440 g/mol. The maximum Gasteiger partial charge on any atom is 0.340 e. The number of thioether (sulfide) groups is 3. The third-order valence-corrected chi connectivity index (χ3v) is 19.3. The Morgan fingerprint density at radius 1 is 0.616 bits per heavy atom. The predicted octanol–water partition coefficient (Wildman–Crippen LogP) is -0.643. The number of aliphatic carboxylic acids is 3. The van der Waals surface area contributed by atoms with Gasteiger partial charge in [0.15, 0.2) is 0 Å². The highest BCUT2D eigenvalue weighted by Crippen LogP contribution is 2.25. The van der Waals surface area contributed by atoms with Crippen LogP contribution in [0.15, 0.2) is 53.5 Å².